The first kappa shape index (κ1) is 12.0. The van der Waals surface area contributed by atoms with E-state index in [1.54, 1.807) is 20.8 Å². The molecule has 0 bridgehead atoms. The number of rotatable bonds is 3. The van der Waals surface area contributed by atoms with Gasteiger partial charge >= 0.3 is 13.8 Å². The van der Waals surface area contributed by atoms with Crippen molar-refractivity contribution >= 4 is 33.0 Å². The number of amides is 1. The summed E-state index contributed by atoms with van der Waals surface area (Å²) >= 11 is 0. The van der Waals surface area contributed by atoms with E-state index in [4.69, 9.17) is 6.07 Å². The molecule has 0 aromatic carbocycles. The first-order valence-electron chi connectivity index (χ1n) is 5.88. The summed E-state index contributed by atoms with van der Waals surface area (Å²) in [5, 5.41) is 3.90. The van der Waals surface area contributed by atoms with Gasteiger partial charge in [0.05, 0.1) is 0 Å². The Labute approximate surface area is 103 Å². The second-order valence-corrected chi connectivity index (χ2v) is 4.65. The van der Waals surface area contributed by atoms with Crippen molar-refractivity contribution in [3.8, 4) is 0 Å². The Hall–Kier alpha value is -1.46. The van der Waals surface area contributed by atoms with Gasteiger partial charge < -0.3 is 9.05 Å². The van der Waals surface area contributed by atoms with E-state index in [2.05, 4.69) is 5.10 Å². The van der Waals surface area contributed by atoms with Gasteiger partial charge in [0, 0.05) is 7.05 Å². The third-order valence-corrected chi connectivity index (χ3v) is 1.97. The van der Waals surface area contributed by atoms with Crippen molar-refractivity contribution in [1.82, 2.24) is 9.69 Å². The van der Waals surface area contributed by atoms with Crippen LogP contribution in [0.1, 0.15) is 20.8 Å². The van der Waals surface area contributed by atoms with E-state index in [0.717, 1.165) is 4.59 Å². The van der Waals surface area contributed by atoms with Gasteiger partial charge in [-0.05, 0) is 33.8 Å². The lowest BCUT2D eigenvalue weighted by Crippen LogP contribution is -2.34. The van der Waals surface area contributed by atoms with E-state index in [1.165, 1.54) is 18.0 Å². The Morgan fingerprint density at radius 1 is 1.76 bits per heavy atom. The van der Waals surface area contributed by atoms with Crippen LogP contribution in [0.15, 0.2) is 6.07 Å². The van der Waals surface area contributed by atoms with Gasteiger partial charge in [0.15, 0.2) is 13.6 Å². The predicted octanol–water partition coefficient (Wildman–Crippen LogP) is -0.403. The molecule has 8 heteroatoms. The Morgan fingerprint density at radius 2 is 2.41 bits per heavy atom. The first-order chi connectivity index (χ1) is 8.28. The average Bonchev–Trinajstić information content (AvgIpc) is 2.68. The highest BCUT2D eigenvalue weighted by atomic mass is 19.1. The lowest BCUT2D eigenvalue weighted by Gasteiger charge is -2.23. The zero-order valence-corrected chi connectivity index (χ0v) is 10.5. The molecule has 5 nitrogen and oxygen atoms in total. The summed E-state index contributed by atoms with van der Waals surface area (Å²) in [6, 6.07) is 1.50. The van der Waals surface area contributed by atoms with Gasteiger partial charge in [-0.2, -0.15) is 5.10 Å². The highest BCUT2D eigenvalue weighted by Gasteiger charge is 2.22. The Kier molecular flexibility index (Phi) is 3.40. The van der Waals surface area contributed by atoms with Crippen molar-refractivity contribution in [1.29, 1.82) is 1.34 Å². The molecule has 0 atom stereocenters. The van der Waals surface area contributed by atoms with Gasteiger partial charge in [-0.25, -0.2) is 4.79 Å². The van der Waals surface area contributed by atoms with Crippen molar-refractivity contribution in [3.05, 3.63) is 6.07 Å². The van der Waals surface area contributed by atoms with Gasteiger partial charge in [-0.3, -0.25) is 9.49 Å². The molecule has 1 amide bonds. The van der Waals surface area contributed by atoms with Crippen molar-refractivity contribution in [2.45, 2.75) is 26.4 Å². The standard InChI is InChI=1S/C9H16B2FN3O2/c1-9(2,3)17-8(16)14(4)7-5-6(10)15(11-12)13-7/h5,11H,10H2,1-4H3/i10D. The molecule has 0 aliphatic heterocycles. The van der Waals surface area contributed by atoms with Gasteiger partial charge in [0.2, 0.25) is 0 Å². The van der Waals surface area contributed by atoms with Crippen LogP contribution >= 0.6 is 0 Å². The second-order valence-electron chi connectivity index (χ2n) is 4.65. The van der Waals surface area contributed by atoms with Crippen molar-refractivity contribution in [2.75, 3.05) is 11.9 Å². The summed E-state index contributed by atoms with van der Waals surface area (Å²) in [5.41, 5.74) is -0.199. The zero-order valence-electron chi connectivity index (χ0n) is 11.5. The molecule has 0 saturated carbocycles. The van der Waals surface area contributed by atoms with E-state index in [1.807, 2.05) is 0 Å². The SMILES string of the molecule is [2H]Bc1cc(N(C)C(=O)OC(C)(C)C)nn1BF. The maximum absolute atomic E-state index is 12.6. The van der Waals surface area contributed by atoms with Gasteiger partial charge in [-0.15, -0.1) is 0 Å². The molecule has 0 fully saturated rings. The summed E-state index contributed by atoms with van der Waals surface area (Å²) < 4.78 is 26.0. The summed E-state index contributed by atoms with van der Waals surface area (Å²) in [5.74, 6) is 0.268. The highest BCUT2D eigenvalue weighted by molar-refractivity contribution is 6.37. The molecule has 92 valence electrons. The fraction of sp³-hybridized carbons (Fsp3) is 0.556. The summed E-state index contributed by atoms with van der Waals surface area (Å²) in [6.45, 7) is 5.27. The normalized spacial score (nSPS) is 11.7. The first-order valence-corrected chi connectivity index (χ1v) is 5.17. The highest BCUT2D eigenvalue weighted by Crippen LogP contribution is 2.13. The minimum absolute atomic E-state index is 0.0981. The summed E-state index contributed by atoms with van der Waals surface area (Å²) in [6.07, 6.45) is -0.567. The van der Waals surface area contributed by atoms with Crippen molar-refractivity contribution < 1.29 is 13.8 Å². The number of halogens is 1. The smallest absolute Gasteiger partial charge is 0.443 e. The lowest BCUT2D eigenvalue weighted by atomic mass is 10.0. The van der Waals surface area contributed by atoms with E-state index in [9.17, 15) is 9.11 Å². The number of carbonyl (C=O) groups is 1. The summed E-state index contributed by atoms with van der Waals surface area (Å²) in [7, 11) is 0.572. The van der Waals surface area contributed by atoms with E-state index >= 15 is 0 Å². The monoisotopic (exact) mass is 240 g/mol. The molecule has 0 spiro atoms. The minimum Gasteiger partial charge on any atom is -0.443 e. The molecular weight excluding hydrogens is 223 g/mol. The fourth-order valence-electron chi connectivity index (χ4n) is 1.13. The van der Waals surface area contributed by atoms with Crippen LogP contribution in [0.25, 0.3) is 0 Å². The number of ether oxygens (including phenoxy) is 1. The number of anilines is 1. The van der Waals surface area contributed by atoms with Crippen LogP contribution in [-0.4, -0.2) is 45.3 Å². The molecule has 1 rings (SSSR count). The van der Waals surface area contributed by atoms with Gasteiger partial charge in [0.1, 0.15) is 5.60 Å². The second kappa shape index (κ2) is 4.81. The van der Waals surface area contributed by atoms with E-state index < -0.39 is 19.4 Å². The Bertz CT molecular complexity index is 414. The lowest BCUT2D eigenvalue weighted by molar-refractivity contribution is 0.0588. The maximum atomic E-state index is 12.6. The number of hydrogen-bond donors (Lipinski definition) is 0. The number of carbonyl (C=O) groups excluding carboxylic acids is 1. The predicted molar refractivity (Wildman–Crippen MR) is 68.7 cm³/mol. The topological polar surface area (TPSA) is 47.4 Å². The number of nitrogens with zero attached hydrogens (tertiary/aromatic N) is 3. The van der Waals surface area contributed by atoms with E-state index in [0.29, 0.717) is 5.59 Å². The van der Waals surface area contributed by atoms with Crippen molar-refractivity contribution in [3.63, 3.8) is 0 Å². The Balaban J connectivity index is 2.87. The largest absolute Gasteiger partial charge is 0.464 e. The van der Waals surface area contributed by atoms with Gasteiger partial charge in [-0.1, -0.05) is 0 Å². The maximum Gasteiger partial charge on any atom is 0.464 e. The van der Waals surface area contributed by atoms with Crippen molar-refractivity contribution in [2.24, 2.45) is 0 Å². The van der Waals surface area contributed by atoms with Crippen LogP contribution in [0, 0.1) is 0 Å². The third kappa shape index (κ3) is 3.51. The zero-order chi connectivity index (χ0) is 13.9. The molecule has 0 unspecified atom stereocenters. The molecule has 0 radical (unpaired) electrons. The molecule has 17 heavy (non-hydrogen) atoms. The number of hydrogen-bond acceptors (Lipinski definition) is 3. The molecular formula is C9H16B2FN3O2. The van der Waals surface area contributed by atoms with Crippen LogP contribution in [0.5, 0.6) is 0 Å². The fourth-order valence-corrected chi connectivity index (χ4v) is 1.13. The molecule has 0 saturated heterocycles. The average molecular weight is 240 g/mol. The number of aromatic nitrogens is 2. The Morgan fingerprint density at radius 3 is 2.82 bits per heavy atom. The third-order valence-electron chi connectivity index (χ3n) is 1.97. The molecule has 0 aliphatic rings. The van der Waals surface area contributed by atoms with Crippen LogP contribution in [0.3, 0.4) is 0 Å². The molecule has 0 aliphatic carbocycles. The van der Waals surface area contributed by atoms with Gasteiger partial charge in [0.25, 0.3) is 0 Å². The molecule has 1 aromatic heterocycles. The quantitative estimate of drug-likeness (QED) is 0.675. The van der Waals surface area contributed by atoms with E-state index in [-0.39, 0.29) is 13.6 Å². The minimum atomic E-state index is -0.823. The molecule has 1 aromatic rings. The van der Waals surface area contributed by atoms with Crippen LogP contribution < -0.4 is 10.5 Å². The van der Waals surface area contributed by atoms with Crippen LogP contribution in [-0.2, 0) is 4.74 Å². The summed E-state index contributed by atoms with van der Waals surface area (Å²) in [4.78, 5) is 13.0. The van der Waals surface area contributed by atoms with Crippen LogP contribution in [0.2, 0.25) is 0 Å². The molecule has 0 N–H and O–H groups in total. The molecule has 1 heterocycles. The van der Waals surface area contributed by atoms with Crippen LogP contribution in [0.4, 0.5) is 14.9 Å².